The Morgan fingerprint density at radius 1 is 0.667 bits per heavy atom. The fraction of sp³-hybridized carbons (Fsp3) is 0.586. The van der Waals surface area contributed by atoms with Crippen molar-refractivity contribution in [2.24, 2.45) is 17.8 Å². The van der Waals surface area contributed by atoms with Crippen LogP contribution in [0.15, 0.2) is 54.6 Å². The van der Waals surface area contributed by atoms with E-state index in [2.05, 4.69) is 31.2 Å². The van der Waals surface area contributed by atoms with Crippen molar-refractivity contribution in [2.45, 2.75) is 89.9 Å². The lowest BCUT2D eigenvalue weighted by Gasteiger charge is -2.38. The number of hydrogen-bond donors (Lipinski definition) is 0. The monoisotopic (exact) mass is 404 g/mol. The summed E-state index contributed by atoms with van der Waals surface area (Å²) < 4.78 is 5.96. The Morgan fingerprint density at radius 2 is 1.27 bits per heavy atom. The Morgan fingerprint density at radius 3 is 1.90 bits per heavy atom. The molecule has 0 N–H and O–H groups in total. The van der Waals surface area contributed by atoms with Crippen molar-refractivity contribution in [3.05, 3.63) is 60.2 Å². The third-order valence-electron chi connectivity index (χ3n) is 7.88. The van der Waals surface area contributed by atoms with E-state index < -0.39 is 0 Å². The maximum absolute atomic E-state index is 5.96. The van der Waals surface area contributed by atoms with Crippen LogP contribution < -0.4 is 4.74 Å². The van der Waals surface area contributed by atoms with Crippen LogP contribution in [0.4, 0.5) is 0 Å². The molecule has 2 aromatic carbocycles. The predicted octanol–water partition coefficient (Wildman–Crippen LogP) is 9.14. The van der Waals surface area contributed by atoms with Crippen LogP contribution >= 0.6 is 0 Å². The molecule has 0 radical (unpaired) electrons. The Balaban J connectivity index is 1.21. The van der Waals surface area contributed by atoms with E-state index in [0.29, 0.717) is 0 Å². The van der Waals surface area contributed by atoms with Gasteiger partial charge in [0, 0.05) is 0 Å². The number of hydrogen-bond acceptors (Lipinski definition) is 1. The van der Waals surface area contributed by atoms with Crippen LogP contribution in [0, 0.1) is 17.8 Å². The van der Waals surface area contributed by atoms with Gasteiger partial charge in [0.2, 0.25) is 0 Å². The number of rotatable bonds is 8. The van der Waals surface area contributed by atoms with Crippen LogP contribution in [-0.2, 0) is 0 Å². The summed E-state index contributed by atoms with van der Waals surface area (Å²) in [7, 11) is 0. The summed E-state index contributed by atoms with van der Waals surface area (Å²) in [6.45, 7) is 2.32. The van der Waals surface area contributed by atoms with Gasteiger partial charge in [-0.1, -0.05) is 75.8 Å². The average molecular weight is 405 g/mol. The van der Waals surface area contributed by atoms with E-state index in [9.17, 15) is 0 Å². The number of unbranched alkanes of at least 4 members (excludes halogenated alkanes) is 2. The Bertz CT molecular complexity index is 719. The molecular formula is C29H40O. The van der Waals surface area contributed by atoms with Crippen molar-refractivity contribution >= 4 is 0 Å². The van der Waals surface area contributed by atoms with Crippen molar-refractivity contribution in [1.29, 1.82) is 0 Å². The first-order valence-corrected chi connectivity index (χ1v) is 12.6. The van der Waals surface area contributed by atoms with Gasteiger partial charge in [0.25, 0.3) is 0 Å². The highest BCUT2D eigenvalue weighted by molar-refractivity contribution is 5.34. The van der Waals surface area contributed by atoms with Crippen LogP contribution in [0.2, 0.25) is 0 Å². The first-order valence-electron chi connectivity index (χ1n) is 12.6. The summed E-state index contributed by atoms with van der Waals surface area (Å²) in [5.74, 6) is 5.66. The third-order valence-corrected chi connectivity index (χ3v) is 7.88. The van der Waals surface area contributed by atoms with Crippen molar-refractivity contribution in [3.8, 4) is 11.5 Å². The summed E-state index contributed by atoms with van der Waals surface area (Å²) in [6.07, 6.45) is 17.4. The minimum Gasteiger partial charge on any atom is -0.457 e. The molecule has 0 unspecified atom stereocenters. The van der Waals surface area contributed by atoms with Gasteiger partial charge in [0.05, 0.1) is 0 Å². The molecular weight excluding hydrogens is 364 g/mol. The molecule has 2 aromatic rings. The first-order chi connectivity index (χ1) is 14.8. The molecule has 30 heavy (non-hydrogen) atoms. The van der Waals surface area contributed by atoms with Crippen LogP contribution in [0.3, 0.4) is 0 Å². The lowest BCUT2D eigenvalue weighted by atomic mass is 9.68. The van der Waals surface area contributed by atoms with Crippen LogP contribution in [0.1, 0.15) is 95.5 Å². The minimum atomic E-state index is 0.748. The Labute approximate surface area is 184 Å². The molecule has 0 saturated heterocycles. The number of para-hydroxylation sites is 1. The highest BCUT2D eigenvalue weighted by atomic mass is 16.5. The van der Waals surface area contributed by atoms with Crippen molar-refractivity contribution in [3.63, 3.8) is 0 Å². The molecule has 0 spiro atoms. The lowest BCUT2D eigenvalue weighted by molar-refractivity contribution is 0.155. The van der Waals surface area contributed by atoms with E-state index in [1.807, 2.05) is 30.3 Å². The maximum Gasteiger partial charge on any atom is 0.127 e. The quantitative estimate of drug-likeness (QED) is 0.398. The summed E-state index contributed by atoms with van der Waals surface area (Å²) in [6, 6.07) is 19.0. The molecule has 2 aliphatic carbocycles. The van der Waals surface area contributed by atoms with E-state index in [1.54, 1.807) is 0 Å². The Kier molecular flexibility index (Phi) is 7.89. The van der Waals surface area contributed by atoms with E-state index in [4.69, 9.17) is 4.74 Å². The van der Waals surface area contributed by atoms with Gasteiger partial charge in [-0.2, -0.15) is 0 Å². The third kappa shape index (κ3) is 5.90. The smallest absolute Gasteiger partial charge is 0.127 e. The van der Waals surface area contributed by atoms with Crippen LogP contribution in [0.5, 0.6) is 11.5 Å². The molecule has 0 heterocycles. The average Bonchev–Trinajstić information content (AvgIpc) is 2.81. The van der Waals surface area contributed by atoms with E-state index >= 15 is 0 Å². The highest BCUT2D eigenvalue weighted by Gasteiger charge is 2.31. The molecule has 2 aliphatic rings. The second-order valence-electron chi connectivity index (χ2n) is 9.87. The topological polar surface area (TPSA) is 9.23 Å². The first kappa shape index (κ1) is 21.5. The van der Waals surface area contributed by atoms with Gasteiger partial charge in [-0.15, -0.1) is 0 Å². The maximum atomic E-state index is 5.96. The molecule has 1 heteroatoms. The van der Waals surface area contributed by atoms with Crippen LogP contribution in [0.25, 0.3) is 0 Å². The fourth-order valence-electron chi connectivity index (χ4n) is 5.99. The zero-order valence-corrected chi connectivity index (χ0v) is 18.9. The SMILES string of the molecule is CCCCCC1CCC(C2CCC(c3ccc(Oc4ccccc4)cc3)CC2)CC1. The van der Waals surface area contributed by atoms with E-state index in [1.165, 1.54) is 82.6 Å². The number of benzene rings is 2. The van der Waals surface area contributed by atoms with E-state index in [0.717, 1.165) is 35.2 Å². The zero-order valence-electron chi connectivity index (χ0n) is 18.9. The largest absolute Gasteiger partial charge is 0.457 e. The number of ether oxygens (including phenoxy) is 1. The lowest BCUT2D eigenvalue weighted by Crippen LogP contribution is -2.25. The van der Waals surface area contributed by atoms with Gasteiger partial charge in [-0.05, 0) is 92.0 Å². The molecule has 0 bridgehead atoms. The van der Waals surface area contributed by atoms with Gasteiger partial charge in [0.15, 0.2) is 0 Å². The van der Waals surface area contributed by atoms with Gasteiger partial charge in [-0.25, -0.2) is 0 Å². The molecule has 0 aliphatic heterocycles. The molecule has 0 amide bonds. The molecule has 2 saturated carbocycles. The van der Waals surface area contributed by atoms with Gasteiger partial charge < -0.3 is 4.74 Å². The minimum absolute atomic E-state index is 0.748. The predicted molar refractivity (Wildman–Crippen MR) is 127 cm³/mol. The van der Waals surface area contributed by atoms with Gasteiger partial charge in [-0.3, -0.25) is 0 Å². The molecule has 0 atom stereocenters. The zero-order chi connectivity index (χ0) is 20.6. The Hall–Kier alpha value is -1.76. The molecule has 1 nitrogen and oxygen atoms in total. The normalized spacial score (nSPS) is 27.0. The summed E-state index contributed by atoms with van der Waals surface area (Å²) in [5, 5.41) is 0. The summed E-state index contributed by atoms with van der Waals surface area (Å²) in [4.78, 5) is 0. The summed E-state index contributed by atoms with van der Waals surface area (Å²) >= 11 is 0. The molecule has 4 rings (SSSR count). The van der Waals surface area contributed by atoms with Gasteiger partial charge >= 0.3 is 0 Å². The standard InChI is InChI=1S/C29H40O/c1-2-3-5-8-23-11-13-24(14-12-23)25-15-17-26(18-16-25)27-19-21-29(22-20-27)30-28-9-6-4-7-10-28/h4,6-7,9-10,19-26H,2-3,5,8,11-18H2,1H3. The second kappa shape index (κ2) is 11.0. The molecule has 162 valence electrons. The van der Waals surface area contributed by atoms with Crippen molar-refractivity contribution in [2.75, 3.05) is 0 Å². The van der Waals surface area contributed by atoms with Gasteiger partial charge in [0.1, 0.15) is 11.5 Å². The van der Waals surface area contributed by atoms with Crippen LogP contribution in [-0.4, -0.2) is 0 Å². The van der Waals surface area contributed by atoms with Crippen molar-refractivity contribution in [1.82, 2.24) is 0 Å². The highest BCUT2D eigenvalue weighted by Crippen LogP contribution is 2.44. The second-order valence-corrected chi connectivity index (χ2v) is 9.87. The molecule has 0 aromatic heterocycles. The fourth-order valence-corrected chi connectivity index (χ4v) is 5.99. The molecule has 2 fully saturated rings. The summed E-state index contributed by atoms with van der Waals surface area (Å²) in [5.41, 5.74) is 1.51. The van der Waals surface area contributed by atoms with E-state index in [-0.39, 0.29) is 0 Å². The van der Waals surface area contributed by atoms with Crippen molar-refractivity contribution < 1.29 is 4.74 Å².